The predicted molar refractivity (Wildman–Crippen MR) is 74.9 cm³/mol. The minimum Gasteiger partial charge on any atom is -0.369 e. The van der Waals surface area contributed by atoms with Crippen LogP contribution in [-0.4, -0.2) is 37.6 Å². The summed E-state index contributed by atoms with van der Waals surface area (Å²) in [5, 5.41) is 0.188. The summed E-state index contributed by atoms with van der Waals surface area (Å²) in [4.78, 5) is 4.62. The first-order valence-electron chi connectivity index (χ1n) is 6.39. The maximum Gasteiger partial charge on any atom is 0.143 e. The number of nitrogens with zero attached hydrogens (tertiary/aromatic N) is 2. The molecule has 1 fully saturated rings. The van der Waals surface area contributed by atoms with Gasteiger partial charge in [0.2, 0.25) is 0 Å². The van der Waals surface area contributed by atoms with Crippen LogP contribution >= 0.6 is 11.6 Å². The molecule has 2 rings (SSSR count). The summed E-state index contributed by atoms with van der Waals surface area (Å²) in [5.74, 6) is 0.254. The van der Waals surface area contributed by atoms with Crippen molar-refractivity contribution in [3.8, 4) is 0 Å². The number of piperazine rings is 1. The predicted octanol–water partition coefficient (Wildman–Crippen LogP) is 3.26. The lowest BCUT2D eigenvalue weighted by molar-refractivity contribution is 0.173. The van der Waals surface area contributed by atoms with E-state index in [1.165, 1.54) is 6.07 Å². The summed E-state index contributed by atoms with van der Waals surface area (Å²) < 4.78 is 13.5. The molecule has 0 spiro atoms. The molecule has 0 bridgehead atoms. The maximum atomic E-state index is 13.5. The van der Waals surface area contributed by atoms with E-state index in [1.807, 2.05) is 6.07 Å². The smallest absolute Gasteiger partial charge is 0.143 e. The molecule has 1 atom stereocenters. The van der Waals surface area contributed by atoms with Crippen LogP contribution in [-0.2, 0) is 0 Å². The fourth-order valence-corrected chi connectivity index (χ4v) is 2.65. The highest BCUT2D eigenvalue weighted by Crippen LogP contribution is 2.25. The second-order valence-electron chi connectivity index (χ2n) is 5.34. The number of hydrogen-bond donors (Lipinski definition) is 0. The van der Waals surface area contributed by atoms with Crippen LogP contribution in [0.5, 0.6) is 0 Å². The van der Waals surface area contributed by atoms with Gasteiger partial charge >= 0.3 is 0 Å². The van der Waals surface area contributed by atoms with Gasteiger partial charge in [0.05, 0.1) is 5.02 Å². The van der Waals surface area contributed by atoms with E-state index in [0.29, 0.717) is 12.0 Å². The van der Waals surface area contributed by atoms with Gasteiger partial charge in [-0.05, 0) is 31.2 Å². The summed E-state index contributed by atoms with van der Waals surface area (Å²) in [6.45, 7) is 7.34. The van der Waals surface area contributed by atoms with Crippen LogP contribution in [0.25, 0.3) is 0 Å². The summed E-state index contributed by atoms with van der Waals surface area (Å²) >= 11 is 5.72. The lowest BCUT2D eigenvalue weighted by Crippen LogP contribution is -2.53. The molecule has 0 unspecified atom stereocenters. The molecule has 1 aliphatic heterocycles. The van der Waals surface area contributed by atoms with Gasteiger partial charge in [0.25, 0.3) is 0 Å². The fourth-order valence-electron chi connectivity index (χ4n) is 2.54. The summed E-state index contributed by atoms with van der Waals surface area (Å²) in [6, 6.07) is 5.58. The molecule has 2 nitrogen and oxygen atoms in total. The molecule has 0 aliphatic carbocycles. The summed E-state index contributed by atoms with van der Waals surface area (Å²) in [5.41, 5.74) is 0.927. The Hall–Kier alpha value is -0.800. The number of anilines is 1. The van der Waals surface area contributed by atoms with E-state index in [2.05, 4.69) is 30.7 Å². The van der Waals surface area contributed by atoms with Crippen LogP contribution in [0, 0.1) is 11.7 Å². The standard InChI is InChI=1S/C14H20ClFN2/c1-10(2)14-9-18(7-6-17(14)3)11-4-5-12(15)13(16)8-11/h4-5,8,10,14H,6-7,9H2,1-3H3/t14-/m0/s1. The van der Waals surface area contributed by atoms with Gasteiger partial charge in [-0.3, -0.25) is 4.90 Å². The van der Waals surface area contributed by atoms with Gasteiger partial charge < -0.3 is 4.90 Å². The zero-order valence-corrected chi connectivity index (χ0v) is 11.9. The monoisotopic (exact) mass is 270 g/mol. The summed E-state index contributed by atoms with van der Waals surface area (Å²) in [7, 11) is 2.16. The van der Waals surface area contributed by atoms with E-state index in [0.717, 1.165) is 25.3 Å². The zero-order valence-electron chi connectivity index (χ0n) is 11.2. The Morgan fingerprint density at radius 1 is 1.33 bits per heavy atom. The highest BCUT2D eigenvalue weighted by atomic mass is 35.5. The largest absolute Gasteiger partial charge is 0.369 e. The Labute approximate surface area is 113 Å². The average molecular weight is 271 g/mol. The van der Waals surface area contributed by atoms with E-state index >= 15 is 0 Å². The van der Waals surface area contributed by atoms with Gasteiger partial charge in [-0.2, -0.15) is 0 Å². The minimum absolute atomic E-state index is 0.188. The first-order chi connectivity index (χ1) is 8.49. The Morgan fingerprint density at radius 3 is 2.67 bits per heavy atom. The van der Waals surface area contributed by atoms with E-state index in [4.69, 9.17) is 11.6 Å². The van der Waals surface area contributed by atoms with Crippen molar-refractivity contribution < 1.29 is 4.39 Å². The van der Waals surface area contributed by atoms with Crippen LogP contribution in [0.15, 0.2) is 18.2 Å². The molecule has 1 aliphatic rings. The lowest BCUT2D eigenvalue weighted by atomic mass is 10.00. The normalized spacial score (nSPS) is 21.7. The SMILES string of the molecule is CC(C)[C@@H]1CN(c2ccc(Cl)c(F)c2)CCN1C. The van der Waals surface area contributed by atoms with E-state index in [9.17, 15) is 4.39 Å². The van der Waals surface area contributed by atoms with Crippen molar-refractivity contribution >= 4 is 17.3 Å². The Kier molecular flexibility index (Phi) is 4.13. The minimum atomic E-state index is -0.339. The molecular weight excluding hydrogens is 251 g/mol. The Balaban J connectivity index is 2.16. The van der Waals surface area contributed by atoms with Crippen LogP contribution in [0.2, 0.25) is 5.02 Å². The first-order valence-corrected chi connectivity index (χ1v) is 6.77. The molecular formula is C14H20ClFN2. The first kappa shape index (κ1) is 13.6. The van der Waals surface area contributed by atoms with Gasteiger partial charge in [0.1, 0.15) is 5.82 Å². The van der Waals surface area contributed by atoms with Crippen molar-refractivity contribution in [2.24, 2.45) is 5.92 Å². The van der Waals surface area contributed by atoms with E-state index < -0.39 is 0 Å². The van der Waals surface area contributed by atoms with E-state index in [-0.39, 0.29) is 10.8 Å². The number of hydrogen-bond acceptors (Lipinski definition) is 2. The molecule has 1 heterocycles. The number of halogens is 2. The van der Waals surface area contributed by atoms with Crippen LogP contribution < -0.4 is 4.90 Å². The third-order valence-electron chi connectivity index (χ3n) is 3.73. The molecule has 18 heavy (non-hydrogen) atoms. The second kappa shape index (κ2) is 5.45. The van der Waals surface area contributed by atoms with Gasteiger partial charge in [-0.15, -0.1) is 0 Å². The highest BCUT2D eigenvalue weighted by Gasteiger charge is 2.26. The molecule has 0 aromatic heterocycles. The summed E-state index contributed by atoms with van der Waals surface area (Å²) in [6.07, 6.45) is 0. The van der Waals surface area contributed by atoms with Crippen molar-refractivity contribution in [3.05, 3.63) is 29.0 Å². The fraction of sp³-hybridized carbons (Fsp3) is 0.571. The van der Waals surface area contributed by atoms with Crippen LogP contribution in [0.1, 0.15) is 13.8 Å². The van der Waals surface area contributed by atoms with Crippen molar-refractivity contribution in [2.45, 2.75) is 19.9 Å². The third-order valence-corrected chi connectivity index (χ3v) is 4.04. The second-order valence-corrected chi connectivity index (χ2v) is 5.74. The van der Waals surface area contributed by atoms with Gasteiger partial charge in [-0.25, -0.2) is 4.39 Å². The molecule has 1 saturated heterocycles. The van der Waals surface area contributed by atoms with Crippen molar-refractivity contribution in [2.75, 3.05) is 31.6 Å². The van der Waals surface area contributed by atoms with E-state index in [1.54, 1.807) is 6.07 Å². The lowest BCUT2D eigenvalue weighted by Gasteiger charge is -2.42. The number of likely N-dealkylation sites (N-methyl/N-ethyl adjacent to an activating group) is 1. The van der Waals surface area contributed by atoms with Gasteiger partial charge in [0, 0.05) is 31.4 Å². The molecule has 1 aromatic rings. The molecule has 100 valence electrons. The van der Waals surface area contributed by atoms with Crippen molar-refractivity contribution in [3.63, 3.8) is 0 Å². The van der Waals surface area contributed by atoms with Crippen LogP contribution in [0.4, 0.5) is 10.1 Å². The van der Waals surface area contributed by atoms with Crippen molar-refractivity contribution in [1.82, 2.24) is 4.90 Å². The molecule has 0 N–H and O–H groups in total. The molecule has 0 radical (unpaired) electrons. The van der Waals surface area contributed by atoms with Gasteiger partial charge in [0.15, 0.2) is 0 Å². The average Bonchev–Trinajstić information content (AvgIpc) is 2.33. The molecule has 1 aromatic carbocycles. The van der Waals surface area contributed by atoms with Crippen molar-refractivity contribution in [1.29, 1.82) is 0 Å². The molecule has 0 amide bonds. The Morgan fingerprint density at radius 2 is 2.06 bits per heavy atom. The Bertz CT molecular complexity index is 422. The number of benzene rings is 1. The molecule has 0 saturated carbocycles. The quantitative estimate of drug-likeness (QED) is 0.814. The molecule has 4 heteroatoms. The maximum absolute atomic E-state index is 13.5. The van der Waals surface area contributed by atoms with Crippen LogP contribution in [0.3, 0.4) is 0 Å². The third kappa shape index (κ3) is 2.78. The zero-order chi connectivity index (χ0) is 13.3. The van der Waals surface area contributed by atoms with Gasteiger partial charge in [-0.1, -0.05) is 25.4 Å². The number of rotatable bonds is 2. The topological polar surface area (TPSA) is 6.48 Å². The highest BCUT2D eigenvalue weighted by molar-refractivity contribution is 6.30.